The lowest BCUT2D eigenvalue weighted by Crippen LogP contribution is -2.37. The lowest BCUT2D eigenvalue weighted by Gasteiger charge is -2.30. The van der Waals surface area contributed by atoms with E-state index in [1.807, 2.05) is 37.0 Å². The van der Waals surface area contributed by atoms with Crippen molar-refractivity contribution in [2.75, 3.05) is 13.2 Å². The number of hydrogen-bond acceptors (Lipinski definition) is 5. The van der Waals surface area contributed by atoms with Gasteiger partial charge in [0.15, 0.2) is 0 Å². The molecule has 1 saturated heterocycles. The lowest BCUT2D eigenvalue weighted by atomic mass is 9.90. The molecule has 0 saturated carbocycles. The van der Waals surface area contributed by atoms with E-state index in [2.05, 4.69) is 20.6 Å². The first-order valence-electron chi connectivity index (χ1n) is 8.79. The van der Waals surface area contributed by atoms with Crippen molar-refractivity contribution in [2.24, 2.45) is 20.0 Å². The fourth-order valence-electron chi connectivity index (χ4n) is 3.52. The van der Waals surface area contributed by atoms with Crippen LogP contribution >= 0.6 is 0 Å². The van der Waals surface area contributed by atoms with Crippen LogP contribution in [0, 0.1) is 5.92 Å². The van der Waals surface area contributed by atoms with Crippen LogP contribution in [0.5, 0.6) is 0 Å². The van der Waals surface area contributed by atoms with Crippen molar-refractivity contribution in [3.63, 3.8) is 0 Å². The van der Waals surface area contributed by atoms with E-state index in [0.29, 0.717) is 24.7 Å². The van der Waals surface area contributed by atoms with Gasteiger partial charge in [0, 0.05) is 45.3 Å². The zero-order valence-electron chi connectivity index (χ0n) is 14.9. The Morgan fingerprint density at radius 1 is 1.31 bits per heavy atom. The highest BCUT2D eigenvalue weighted by Crippen LogP contribution is 2.29. The summed E-state index contributed by atoms with van der Waals surface area (Å²) in [6.45, 7) is 1.43. The number of hydrogen-bond donors (Lipinski definition) is 1. The molecule has 26 heavy (non-hydrogen) atoms. The fraction of sp³-hybridized carbons (Fsp3) is 0.444. The van der Waals surface area contributed by atoms with E-state index in [9.17, 15) is 4.79 Å². The molecule has 8 heteroatoms. The first-order chi connectivity index (χ1) is 12.6. The number of aryl methyl sites for hydroxylation is 2. The molecule has 0 aliphatic carbocycles. The van der Waals surface area contributed by atoms with Gasteiger partial charge in [-0.1, -0.05) is 5.21 Å². The zero-order chi connectivity index (χ0) is 18.1. The Bertz CT molecular complexity index is 925. The Morgan fingerprint density at radius 2 is 2.12 bits per heavy atom. The third-order valence-electron chi connectivity index (χ3n) is 5.03. The minimum Gasteiger partial charge on any atom is -0.381 e. The number of nitrogens with one attached hydrogen (secondary N) is 1. The second kappa shape index (κ2) is 6.87. The molecule has 1 aromatic carbocycles. The Balaban J connectivity index is 1.62. The molecule has 0 bridgehead atoms. The van der Waals surface area contributed by atoms with Gasteiger partial charge in [-0.3, -0.25) is 4.79 Å². The molecular formula is C18H22N6O2. The van der Waals surface area contributed by atoms with Gasteiger partial charge >= 0.3 is 0 Å². The van der Waals surface area contributed by atoms with E-state index in [0.717, 1.165) is 29.7 Å². The fourth-order valence-corrected chi connectivity index (χ4v) is 3.52. The van der Waals surface area contributed by atoms with Crippen molar-refractivity contribution in [2.45, 2.75) is 18.9 Å². The monoisotopic (exact) mass is 354 g/mol. The lowest BCUT2D eigenvalue weighted by molar-refractivity contribution is 0.0499. The number of rotatable bonds is 4. The Morgan fingerprint density at radius 3 is 2.85 bits per heavy atom. The number of imidazole rings is 1. The first-order valence-corrected chi connectivity index (χ1v) is 8.79. The number of benzene rings is 1. The van der Waals surface area contributed by atoms with Crippen LogP contribution in [0.25, 0.3) is 11.0 Å². The van der Waals surface area contributed by atoms with Crippen LogP contribution < -0.4 is 5.32 Å². The highest BCUT2D eigenvalue weighted by atomic mass is 16.5. The average molecular weight is 354 g/mol. The maximum atomic E-state index is 13.0. The minimum atomic E-state index is -0.147. The molecule has 1 fully saturated rings. The summed E-state index contributed by atoms with van der Waals surface area (Å²) in [4.78, 5) is 17.4. The molecule has 1 atom stereocenters. The van der Waals surface area contributed by atoms with E-state index in [1.54, 1.807) is 16.9 Å². The highest BCUT2D eigenvalue weighted by molar-refractivity contribution is 5.97. The molecule has 4 rings (SSSR count). The average Bonchev–Trinajstić information content (AvgIpc) is 3.26. The Labute approximate surface area is 151 Å². The third-order valence-corrected chi connectivity index (χ3v) is 5.03. The minimum absolute atomic E-state index is 0.118. The number of aromatic nitrogens is 5. The largest absolute Gasteiger partial charge is 0.381 e. The van der Waals surface area contributed by atoms with Crippen molar-refractivity contribution in [3.05, 3.63) is 42.0 Å². The van der Waals surface area contributed by atoms with Crippen LogP contribution in [0.3, 0.4) is 0 Å². The molecule has 8 nitrogen and oxygen atoms in total. The third kappa shape index (κ3) is 3.08. The number of amides is 1. The molecule has 1 N–H and O–H groups in total. The van der Waals surface area contributed by atoms with Crippen molar-refractivity contribution in [1.82, 2.24) is 29.9 Å². The van der Waals surface area contributed by atoms with Crippen molar-refractivity contribution < 1.29 is 9.53 Å². The maximum Gasteiger partial charge on any atom is 0.251 e. The van der Waals surface area contributed by atoms with Crippen LogP contribution in [0.1, 0.15) is 35.1 Å². The summed E-state index contributed by atoms with van der Waals surface area (Å²) in [6.07, 6.45) is 5.48. The van der Waals surface area contributed by atoms with Gasteiger partial charge in [0.1, 0.15) is 11.3 Å². The van der Waals surface area contributed by atoms with Crippen LogP contribution in [0.15, 0.2) is 30.6 Å². The van der Waals surface area contributed by atoms with Gasteiger partial charge in [0.05, 0.1) is 11.6 Å². The summed E-state index contributed by atoms with van der Waals surface area (Å²) in [7, 11) is 3.77. The molecule has 1 aliphatic heterocycles. The summed E-state index contributed by atoms with van der Waals surface area (Å²) in [5.41, 5.74) is 2.19. The number of ether oxygens (including phenoxy) is 1. The van der Waals surface area contributed by atoms with Gasteiger partial charge in [-0.25, -0.2) is 9.67 Å². The van der Waals surface area contributed by atoms with Gasteiger partial charge < -0.3 is 14.6 Å². The summed E-state index contributed by atoms with van der Waals surface area (Å²) < 4.78 is 9.12. The van der Waals surface area contributed by atoms with E-state index < -0.39 is 0 Å². The molecule has 136 valence electrons. The first kappa shape index (κ1) is 16.7. The Hall–Kier alpha value is -2.74. The van der Waals surface area contributed by atoms with Gasteiger partial charge in [-0.05, 0) is 37.0 Å². The van der Waals surface area contributed by atoms with Crippen LogP contribution in [-0.2, 0) is 18.8 Å². The van der Waals surface area contributed by atoms with Crippen molar-refractivity contribution in [3.8, 4) is 0 Å². The predicted octanol–water partition coefficient (Wildman–Crippen LogP) is 1.60. The Kier molecular flexibility index (Phi) is 4.42. The quantitative estimate of drug-likeness (QED) is 0.769. The molecule has 0 radical (unpaired) electrons. The molecule has 2 aromatic heterocycles. The van der Waals surface area contributed by atoms with Crippen molar-refractivity contribution in [1.29, 1.82) is 0 Å². The molecule has 3 aromatic rings. The van der Waals surface area contributed by atoms with Gasteiger partial charge in [0.25, 0.3) is 5.91 Å². The highest BCUT2D eigenvalue weighted by Gasteiger charge is 2.30. The van der Waals surface area contributed by atoms with E-state index in [-0.39, 0.29) is 11.9 Å². The SMILES string of the molecule is Cn1ccnc1[C@@H](NC(=O)c1ccc2nnn(C)c2c1)C1CCOCC1. The molecular weight excluding hydrogens is 332 g/mol. The topological polar surface area (TPSA) is 86.9 Å². The summed E-state index contributed by atoms with van der Waals surface area (Å²) in [5, 5.41) is 11.2. The second-order valence-electron chi connectivity index (χ2n) is 6.71. The standard InChI is InChI=1S/C18H22N6O2/c1-23-8-7-19-17(23)16(12-5-9-26-10-6-12)20-18(25)13-3-4-14-15(11-13)24(2)22-21-14/h3-4,7-8,11-12,16H,5-6,9-10H2,1-2H3,(H,20,25)/t16-/m0/s1. The normalized spacial score (nSPS) is 16.7. The number of fused-ring (bicyclic) bond motifs is 1. The van der Waals surface area contributed by atoms with E-state index >= 15 is 0 Å². The summed E-state index contributed by atoms with van der Waals surface area (Å²) >= 11 is 0. The predicted molar refractivity (Wildman–Crippen MR) is 95.5 cm³/mol. The van der Waals surface area contributed by atoms with Crippen LogP contribution in [-0.4, -0.2) is 43.7 Å². The zero-order valence-corrected chi connectivity index (χ0v) is 14.9. The van der Waals surface area contributed by atoms with E-state index in [1.165, 1.54) is 0 Å². The number of carbonyl (C=O) groups excluding carboxylic acids is 1. The number of carbonyl (C=O) groups is 1. The maximum absolute atomic E-state index is 13.0. The van der Waals surface area contributed by atoms with E-state index in [4.69, 9.17) is 4.74 Å². The molecule has 0 spiro atoms. The summed E-state index contributed by atoms with van der Waals surface area (Å²) in [6, 6.07) is 5.28. The van der Waals surface area contributed by atoms with Gasteiger partial charge in [-0.15, -0.1) is 5.10 Å². The van der Waals surface area contributed by atoms with Gasteiger partial charge in [-0.2, -0.15) is 0 Å². The van der Waals surface area contributed by atoms with Crippen LogP contribution in [0.4, 0.5) is 0 Å². The van der Waals surface area contributed by atoms with Gasteiger partial charge in [0.2, 0.25) is 0 Å². The smallest absolute Gasteiger partial charge is 0.251 e. The van der Waals surface area contributed by atoms with Crippen LogP contribution in [0.2, 0.25) is 0 Å². The summed E-state index contributed by atoms with van der Waals surface area (Å²) in [5.74, 6) is 1.05. The molecule has 1 aliphatic rings. The second-order valence-corrected chi connectivity index (χ2v) is 6.71. The molecule has 1 amide bonds. The molecule has 3 heterocycles. The number of nitrogens with zero attached hydrogens (tertiary/aromatic N) is 5. The van der Waals surface area contributed by atoms with Crippen molar-refractivity contribution >= 4 is 16.9 Å². The molecule has 0 unspecified atom stereocenters.